The fraction of sp³-hybridized carbons (Fsp3) is 0.312. The molecule has 178 valence electrons. The maximum atomic E-state index is 6.48. The Morgan fingerprint density at radius 3 is 2.00 bits per heavy atom. The van der Waals surface area contributed by atoms with E-state index in [-0.39, 0.29) is 0 Å². The lowest BCUT2D eigenvalue weighted by atomic mass is 9.87. The second-order valence-corrected chi connectivity index (χ2v) is 10.5. The number of rotatable bonds is 5. The fourth-order valence-electron chi connectivity index (χ4n) is 5.18. The lowest BCUT2D eigenvalue weighted by molar-refractivity contribution is 0.655. The first-order valence-corrected chi connectivity index (χ1v) is 12.7. The molecule has 0 unspecified atom stereocenters. The third-order valence-electron chi connectivity index (χ3n) is 7.04. The van der Waals surface area contributed by atoms with Crippen molar-refractivity contribution in [3.05, 3.63) is 83.0 Å². The van der Waals surface area contributed by atoms with E-state index in [1.807, 2.05) is 6.20 Å². The maximum Gasteiger partial charge on any atom is 0.227 e. The third kappa shape index (κ3) is 4.03. The molecule has 3 heterocycles. The highest BCUT2D eigenvalue weighted by Gasteiger charge is 2.19. The molecule has 0 bridgehead atoms. The zero-order valence-electron chi connectivity index (χ0n) is 21.8. The summed E-state index contributed by atoms with van der Waals surface area (Å²) in [4.78, 5) is 9.84. The van der Waals surface area contributed by atoms with Crippen molar-refractivity contribution in [2.75, 3.05) is 0 Å². The van der Waals surface area contributed by atoms with Gasteiger partial charge in [-0.05, 0) is 71.2 Å². The van der Waals surface area contributed by atoms with E-state index in [1.165, 1.54) is 27.8 Å². The Labute approximate surface area is 208 Å². The zero-order valence-corrected chi connectivity index (χ0v) is 21.8. The SMILES string of the molecule is Cc1cnc(-c2cccc3c2oc2nc(-c4c(C(C)C)cccc4C(C)C)ccc23)cc1C(C)C. The van der Waals surface area contributed by atoms with Gasteiger partial charge in [0.05, 0.1) is 11.4 Å². The van der Waals surface area contributed by atoms with Crippen LogP contribution in [-0.4, -0.2) is 9.97 Å². The van der Waals surface area contributed by atoms with Crippen molar-refractivity contribution in [3.63, 3.8) is 0 Å². The first-order valence-electron chi connectivity index (χ1n) is 12.7. The molecule has 3 heteroatoms. The summed E-state index contributed by atoms with van der Waals surface area (Å²) in [5.74, 6) is 1.25. The van der Waals surface area contributed by atoms with Crippen LogP contribution in [0, 0.1) is 6.92 Å². The first-order chi connectivity index (χ1) is 16.8. The second kappa shape index (κ2) is 8.96. The van der Waals surface area contributed by atoms with Gasteiger partial charge < -0.3 is 4.42 Å². The monoisotopic (exact) mass is 462 g/mol. The first kappa shape index (κ1) is 23.3. The molecule has 5 rings (SSSR count). The summed E-state index contributed by atoms with van der Waals surface area (Å²) in [6.45, 7) is 15.5. The van der Waals surface area contributed by atoms with Gasteiger partial charge in [-0.3, -0.25) is 4.98 Å². The van der Waals surface area contributed by atoms with Crippen molar-refractivity contribution in [3.8, 4) is 22.5 Å². The molecule has 0 spiro atoms. The van der Waals surface area contributed by atoms with Crippen LogP contribution in [0.4, 0.5) is 0 Å². The fourth-order valence-corrected chi connectivity index (χ4v) is 5.18. The minimum atomic E-state index is 0.409. The molecule has 0 aliphatic heterocycles. The van der Waals surface area contributed by atoms with Crippen LogP contribution in [0.5, 0.6) is 0 Å². The van der Waals surface area contributed by atoms with Gasteiger partial charge >= 0.3 is 0 Å². The number of hydrogen-bond donors (Lipinski definition) is 0. The molecule has 2 aromatic carbocycles. The quantitative estimate of drug-likeness (QED) is 0.261. The summed E-state index contributed by atoms with van der Waals surface area (Å²) in [5, 5.41) is 2.11. The van der Waals surface area contributed by atoms with Crippen LogP contribution in [0.2, 0.25) is 0 Å². The van der Waals surface area contributed by atoms with E-state index in [9.17, 15) is 0 Å². The number of para-hydroxylation sites is 1. The van der Waals surface area contributed by atoms with Crippen LogP contribution in [0.3, 0.4) is 0 Å². The van der Waals surface area contributed by atoms with Crippen LogP contribution in [0.1, 0.15) is 81.5 Å². The molecule has 0 amide bonds. The van der Waals surface area contributed by atoms with Gasteiger partial charge in [0.15, 0.2) is 0 Å². The van der Waals surface area contributed by atoms with E-state index >= 15 is 0 Å². The Bertz CT molecular complexity index is 1510. The van der Waals surface area contributed by atoms with E-state index in [2.05, 4.69) is 103 Å². The lowest BCUT2D eigenvalue weighted by Crippen LogP contribution is -2.00. The van der Waals surface area contributed by atoms with Gasteiger partial charge in [-0.1, -0.05) is 71.9 Å². The van der Waals surface area contributed by atoms with Crippen LogP contribution in [0.25, 0.3) is 44.6 Å². The van der Waals surface area contributed by atoms with E-state index in [0.717, 1.165) is 33.3 Å². The minimum Gasteiger partial charge on any atom is -0.437 e. The summed E-state index contributed by atoms with van der Waals surface area (Å²) in [6, 6.07) is 19.4. The standard InChI is InChI=1S/C32H34N2O/c1-18(2)22-10-8-11-23(19(3)4)30(22)28-15-14-25-24-12-9-13-26(31(24)35-32(25)34-28)29-16-27(20(5)6)21(7)17-33-29/h8-20H,1-7H3. The highest BCUT2D eigenvalue weighted by molar-refractivity contribution is 6.08. The normalized spacial score (nSPS) is 12.1. The van der Waals surface area contributed by atoms with E-state index < -0.39 is 0 Å². The van der Waals surface area contributed by atoms with Gasteiger partial charge in [-0.2, -0.15) is 0 Å². The molecule has 0 saturated heterocycles. The smallest absolute Gasteiger partial charge is 0.227 e. The molecule has 0 radical (unpaired) electrons. The minimum absolute atomic E-state index is 0.409. The van der Waals surface area contributed by atoms with Gasteiger partial charge in [0.1, 0.15) is 5.58 Å². The number of fused-ring (bicyclic) bond motifs is 3. The van der Waals surface area contributed by atoms with Crippen molar-refractivity contribution in [1.29, 1.82) is 0 Å². The molecule has 0 atom stereocenters. The summed E-state index contributed by atoms with van der Waals surface area (Å²) in [6.07, 6.45) is 1.97. The number of benzene rings is 2. The number of hydrogen-bond acceptors (Lipinski definition) is 3. The summed E-state index contributed by atoms with van der Waals surface area (Å²) < 4.78 is 6.48. The van der Waals surface area contributed by atoms with Crippen LogP contribution < -0.4 is 0 Å². The molecule has 3 nitrogen and oxygen atoms in total. The Kier molecular flexibility index (Phi) is 5.96. The molecule has 35 heavy (non-hydrogen) atoms. The van der Waals surface area contributed by atoms with Gasteiger partial charge in [-0.15, -0.1) is 0 Å². The van der Waals surface area contributed by atoms with Crippen molar-refractivity contribution in [2.45, 2.75) is 66.2 Å². The summed E-state index contributed by atoms with van der Waals surface area (Å²) in [5.41, 5.74) is 10.9. The highest BCUT2D eigenvalue weighted by atomic mass is 16.3. The van der Waals surface area contributed by atoms with E-state index in [0.29, 0.717) is 23.5 Å². The molecule has 0 saturated carbocycles. The van der Waals surface area contributed by atoms with Gasteiger partial charge in [0.2, 0.25) is 5.71 Å². The van der Waals surface area contributed by atoms with Crippen molar-refractivity contribution in [1.82, 2.24) is 9.97 Å². The second-order valence-electron chi connectivity index (χ2n) is 10.5. The zero-order chi connectivity index (χ0) is 24.9. The average molecular weight is 463 g/mol. The predicted molar refractivity (Wildman–Crippen MR) is 147 cm³/mol. The molecular weight excluding hydrogens is 428 g/mol. The molecule has 5 aromatic rings. The number of pyridine rings is 2. The van der Waals surface area contributed by atoms with E-state index in [1.54, 1.807) is 0 Å². The summed E-state index contributed by atoms with van der Waals surface area (Å²) >= 11 is 0. The van der Waals surface area contributed by atoms with Crippen LogP contribution in [-0.2, 0) is 0 Å². The van der Waals surface area contributed by atoms with Crippen molar-refractivity contribution >= 4 is 22.1 Å². The van der Waals surface area contributed by atoms with Gasteiger partial charge in [0, 0.05) is 28.1 Å². The Morgan fingerprint density at radius 1 is 0.686 bits per heavy atom. The largest absolute Gasteiger partial charge is 0.437 e. The van der Waals surface area contributed by atoms with Crippen LogP contribution in [0.15, 0.2) is 65.2 Å². The Hall–Kier alpha value is -3.46. The molecule has 0 aliphatic rings. The maximum absolute atomic E-state index is 6.48. The number of aryl methyl sites for hydroxylation is 1. The lowest BCUT2D eigenvalue weighted by Gasteiger charge is -2.19. The van der Waals surface area contributed by atoms with Crippen molar-refractivity contribution < 1.29 is 4.42 Å². The van der Waals surface area contributed by atoms with Crippen LogP contribution >= 0.6 is 0 Å². The third-order valence-corrected chi connectivity index (χ3v) is 7.04. The molecule has 0 fully saturated rings. The molecule has 3 aromatic heterocycles. The number of nitrogens with zero attached hydrogens (tertiary/aromatic N) is 2. The highest BCUT2D eigenvalue weighted by Crippen LogP contribution is 2.39. The topological polar surface area (TPSA) is 38.9 Å². The predicted octanol–water partition coefficient (Wildman–Crippen LogP) is 9.39. The molecular formula is C32H34N2O. The molecule has 0 N–H and O–H groups in total. The average Bonchev–Trinajstić information content (AvgIpc) is 3.21. The Balaban J connectivity index is 1.72. The van der Waals surface area contributed by atoms with Gasteiger partial charge in [0.25, 0.3) is 0 Å². The Morgan fingerprint density at radius 2 is 1.34 bits per heavy atom. The number of furan rings is 1. The summed E-state index contributed by atoms with van der Waals surface area (Å²) in [7, 11) is 0. The molecule has 0 aliphatic carbocycles. The van der Waals surface area contributed by atoms with Crippen molar-refractivity contribution in [2.24, 2.45) is 0 Å². The van der Waals surface area contributed by atoms with Gasteiger partial charge in [-0.25, -0.2) is 4.98 Å². The number of aromatic nitrogens is 2. The van der Waals surface area contributed by atoms with E-state index in [4.69, 9.17) is 14.4 Å².